The lowest BCUT2D eigenvalue weighted by Crippen LogP contribution is -1.93. The first kappa shape index (κ1) is 13.3. The standard InChI is InChI=1S/C14H11NO3S/c16-9-11-4-3-6-13(8-11)19-10-12-5-1-2-7-14(12)15(17)18/h1-9H,10H2. The molecule has 0 heterocycles. The normalized spacial score (nSPS) is 10.1. The summed E-state index contributed by atoms with van der Waals surface area (Å²) >= 11 is 1.47. The molecule has 0 aliphatic rings. The Bertz CT molecular complexity index is 613. The van der Waals surface area contributed by atoms with E-state index in [-0.39, 0.29) is 10.6 Å². The number of rotatable bonds is 5. The van der Waals surface area contributed by atoms with E-state index in [4.69, 9.17) is 0 Å². The number of carbonyl (C=O) groups excluding carboxylic acids is 1. The third-order valence-corrected chi connectivity index (χ3v) is 3.62. The molecule has 0 atom stereocenters. The predicted octanol–water partition coefficient (Wildman–Crippen LogP) is 3.70. The van der Waals surface area contributed by atoms with Gasteiger partial charge in [-0.05, 0) is 12.1 Å². The highest BCUT2D eigenvalue weighted by atomic mass is 32.2. The van der Waals surface area contributed by atoms with Crippen LogP contribution in [-0.2, 0) is 5.75 Å². The Hall–Kier alpha value is -2.14. The maximum atomic E-state index is 10.9. The fourth-order valence-corrected chi connectivity index (χ4v) is 2.61. The summed E-state index contributed by atoms with van der Waals surface area (Å²) in [5.41, 5.74) is 1.41. The average Bonchev–Trinajstić information content (AvgIpc) is 2.45. The van der Waals surface area contributed by atoms with Gasteiger partial charge in [-0.15, -0.1) is 11.8 Å². The van der Waals surface area contributed by atoms with Crippen LogP contribution in [0, 0.1) is 10.1 Å². The Morgan fingerprint density at radius 1 is 1.16 bits per heavy atom. The van der Waals surface area contributed by atoms with Crippen LogP contribution < -0.4 is 0 Å². The Labute approximate surface area is 114 Å². The maximum absolute atomic E-state index is 10.9. The van der Waals surface area contributed by atoms with Gasteiger partial charge in [0.1, 0.15) is 6.29 Å². The summed E-state index contributed by atoms with van der Waals surface area (Å²) < 4.78 is 0. The molecule has 5 heteroatoms. The van der Waals surface area contributed by atoms with Gasteiger partial charge in [-0.2, -0.15) is 0 Å². The number of aldehydes is 1. The lowest BCUT2D eigenvalue weighted by atomic mass is 10.2. The summed E-state index contributed by atoms with van der Waals surface area (Å²) in [5.74, 6) is 0.499. The molecule has 0 aromatic heterocycles. The van der Waals surface area contributed by atoms with Crippen molar-refractivity contribution in [3.63, 3.8) is 0 Å². The van der Waals surface area contributed by atoms with Gasteiger partial charge in [0.2, 0.25) is 0 Å². The topological polar surface area (TPSA) is 60.2 Å². The fraction of sp³-hybridized carbons (Fsp3) is 0.0714. The number of nitrogens with zero attached hydrogens (tertiary/aromatic N) is 1. The van der Waals surface area contributed by atoms with E-state index in [9.17, 15) is 14.9 Å². The molecule has 0 saturated carbocycles. The smallest absolute Gasteiger partial charge is 0.273 e. The molecule has 0 radical (unpaired) electrons. The molecule has 4 nitrogen and oxygen atoms in total. The Morgan fingerprint density at radius 3 is 2.68 bits per heavy atom. The maximum Gasteiger partial charge on any atom is 0.273 e. The molecule has 0 aliphatic heterocycles. The van der Waals surface area contributed by atoms with E-state index in [1.807, 2.05) is 6.07 Å². The van der Waals surface area contributed by atoms with Gasteiger partial charge in [-0.3, -0.25) is 14.9 Å². The Morgan fingerprint density at radius 2 is 1.95 bits per heavy atom. The number of hydrogen-bond acceptors (Lipinski definition) is 4. The summed E-state index contributed by atoms with van der Waals surface area (Å²) in [5, 5.41) is 10.9. The molecule has 0 amide bonds. The molecule has 2 rings (SSSR count). The van der Waals surface area contributed by atoms with E-state index < -0.39 is 0 Å². The zero-order chi connectivity index (χ0) is 13.7. The van der Waals surface area contributed by atoms with Crippen LogP contribution >= 0.6 is 11.8 Å². The monoisotopic (exact) mass is 273 g/mol. The highest BCUT2D eigenvalue weighted by molar-refractivity contribution is 7.98. The molecule has 0 N–H and O–H groups in total. The number of nitro groups is 1. The van der Waals surface area contributed by atoms with E-state index >= 15 is 0 Å². The number of para-hydroxylation sites is 1. The zero-order valence-electron chi connectivity index (χ0n) is 9.98. The molecular formula is C14H11NO3S. The number of benzene rings is 2. The van der Waals surface area contributed by atoms with Gasteiger partial charge in [0.25, 0.3) is 5.69 Å². The van der Waals surface area contributed by atoms with Crippen molar-refractivity contribution in [3.8, 4) is 0 Å². The molecule has 19 heavy (non-hydrogen) atoms. The van der Waals surface area contributed by atoms with Crippen LogP contribution in [0.5, 0.6) is 0 Å². The number of hydrogen-bond donors (Lipinski definition) is 0. The van der Waals surface area contributed by atoms with Gasteiger partial charge in [0, 0.05) is 27.8 Å². The lowest BCUT2D eigenvalue weighted by Gasteiger charge is -2.03. The van der Waals surface area contributed by atoms with Crippen molar-refractivity contribution < 1.29 is 9.72 Å². The van der Waals surface area contributed by atoms with Crippen LogP contribution in [-0.4, -0.2) is 11.2 Å². The second-order valence-electron chi connectivity index (χ2n) is 3.86. The quantitative estimate of drug-likeness (QED) is 0.361. The van der Waals surface area contributed by atoms with Crippen LogP contribution in [0.3, 0.4) is 0 Å². The van der Waals surface area contributed by atoms with Crippen molar-refractivity contribution in [1.82, 2.24) is 0 Å². The van der Waals surface area contributed by atoms with Crippen molar-refractivity contribution in [3.05, 3.63) is 69.8 Å². The highest BCUT2D eigenvalue weighted by Crippen LogP contribution is 2.27. The van der Waals surface area contributed by atoms with Crippen LogP contribution in [0.15, 0.2) is 53.4 Å². The minimum absolute atomic E-state index is 0.126. The molecule has 2 aromatic rings. The SMILES string of the molecule is O=Cc1cccc(SCc2ccccc2[N+](=O)[O-])c1. The first-order valence-electron chi connectivity index (χ1n) is 5.61. The van der Waals surface area contributed by atoms with Crippen molar-refractivity contribution >= 4 is 23.7 Å². The number of thioether (sulfide) groups is 1. The molecule has 2 aromatic carbocycles. The molecule has 0 aliphatic carbocycles. The van der Waals surface area contributed by atoms with Gasteiger partial charge < -0.3 is 0 Å². The van der Waals surface area contributed by atoms with Crippen molar-refractivity contribution in [2.75, 3.05) is 0 Å². The lowest BCUT2D eigenvalue weighted by molar-refractivity contribution is -0.385. The van der Waals surface area contributed by atoms with Gasteiger partial charge >= 0.3 is 0 Å². The average molecular weight is 273 g/mol. The van der Waals surface area contributed by atoms with Crippen molar-refractivity contribution in [2.45, 2.75) is 10.6 Å². The fourth-order valence-electron chi connectivity index (χ4n) is 1.65. The molecule has 0 unspecified atom stereocenters. The summed E-state index contributed by atoms with van der Waals surface area (Å²) in [4.78, 5) is 22.1. The first-order valence-corrected chi connectivity index (χ1v) is 6.59. The van der Waals surface area contributed by atoms with Crippen LogP contribution in [0.4, 0.5) is 5.69 Å². The minimum Gasteiger partial charge on any atom is -0.298 e. The summed E-state index contributed by atoms with van der Waals surface area (Å²) in [6.45, 7) is 0. The van der Waals surface area contributed by atoms with Crippen molar-refractivity contribution in [2.24, 2.45) is 0 Å². The Balaban J connectivity index is 2.14. The van der Waals surface area contributed by atoms with Gasteiger partial charge in [-0.1, -0.05) is 30.3 Å². The van der Waals surface area contributed by atoms with Gasteiger partial charge in [-0.25, -0.2) is 0 Å². The van der Waals surface area contributed by atoms with E-state index in [0.29, 0.717) is 16.9 Å². The van der Waals surface area contributed by atoms with Crippen LogP contribution in [0.25, 0.3) is 0 Å². The van der Waals surface area contributed by atoms with E-state index in [1.165, 1.54) is 17.8 Å². The molecule has 96 valence electrons. The summed E-state index contributed by atoms with van der Waals surface area (Å²) in [7, 11) is 0. The summed E-state index contributed by atoms with van der Waals surface area (Å²) in [6, 6.07) is 13.9. The van der Waals surface area contributed by atoms with Crippen LogP contribution in [0.1, 0.15) is 15.9 Å². The molecule has 0 bridgehead atoms. The number of carbonyl (C=O) groups is 1. The van der Waals surface area contributed by atoms with Gasteiger partial charge in [0.15, 0.2) is 0 Å². The second kappa shape index (κ2) is 6.15. The third-order valence-electron chi connectivity index (χ3n) is 2.58. The molecular weight excluding hydrogens is 262 g/mol. The van der Waals surface area contributed by atoms with Crippen LogP contribution in [0.2, 0.25) is 0 Å². The summed E-state index contributed by atoms with van der Waals surface area (Å²) in [6.07, 6.45) is 0.787. The number of nitro benzene ring substituents is 1. The van der Waals surface area contributed by atoms with E-state index in [2.05, 4.69) is 0 Å². The molecule has 0 fully saturated rings. The Kier molecular flexibility index (Phi) is 4.30. The molecule has 0 saturated heterocycles. The minimum atomic E-state index is -0.377. The van der Waals surface area contributed by atoms with E-state index in [1.54, 1.807) is 36.4 Å². The zero-order valence-corrected chi connectivity index (χ0v) is 10.8. The van der Waals surface area contributed by atoms with E-state index in [0.717, 1.165) is 11.2 Å². The first-order chi connectivity index (χ1) is 9.20. The second-order valence-corrected chi connectivity index (χ2v) is 4.91. The molecule has 0 spiro atoms. The van der Waals surface area contributed by atoms with Crippen molar-refractivity contribution in [1.29, 1.82) is 0 Å². The predicted molar refractivity (Wildman–Crippen MR) is 74.5 cm³/mol. The highest BCUT2D eigenvalue weighted by Gasteiger charge is 2.12. The largest absolute Gasteiger partial charge is 0.298 e. The van der Waals surface area contributed by atoms with Gasteiger partial charge in [0.05, 0.1) is 4.92 Å². The third kappa shape index (κ3) is 3.42.